The van der Waals surface area contributed by atoms with Crippen LogP contribution >= 0.6 is 0 Å². The van der Waals surface area contributed by atoms with Crippen molar-refractivity contribution in [2.75, 3.05) is 0 Å². The molecule has 0 aliphatic heterocycles. The number of aromatic nitrogens is 1. The van der Waals surface area contributed by atoms with Crippen molar-refractivity contribution < 1.29 is 0 Å². The molecule has 0 spiro atoms. The van der Waals surface area contributed by atoms with E-state index in [1.54, 1.807) is 0 Å². The van der Waals surface area contributed by atoms with Gasteiger partial charge in [-0.3, -0.25) is 0 Å². The quantitative estimate of drug-likeness (QED) is 0.491. The minimum absolute atomic E-state index is 0.0516. The number of hydrogen-bond donors (Lipinski definition) is 0. The van der Waals surface area contributed by atoms with Crippen LogP contribution in [0.3, 0.4) is 0 Å². The maximum Gasteiger partial charge on any atom is 0.0531 e. The number of fused-ring (bicyclic) bond motifs is 3. The lowest BCUT2D eigenvalue weighted by Crippen LogP contribution is -2.22. The second-order valence-electron chi connectivity index (χ2n) is 8.30. The van der Waals surface area contributed by atoms with Gasteiger partial charge in [0.25, 0.3) is 0 Å². The maximum atomic E-state index is 2.59. The molecule has 1 aromatic heterocycles. The summed E-state index contributed by atoms with van der Waals surface area (Å²) in [6.07, 6.45) is 0. The summed E-state index contributed by atoms with van der Waals surface area (Å²) in [6.45, 7) is 16.1. The molecule has 0 N–H and O–H groups in total. The van der Waals surface area contributed by atoms with Gasteiger partial charge in [0, 0.05) is 16.3 Å². The van der Waals surface area contributed by atoms with Gasteiger partial charge in [0.1, 0.15) is 0 Å². The van der Waals surface area contributed by atoms with E-state index in [2.05, 4.69) is 89.4 Å². The molecule has 3 aromatic rings. The van der Waals surface area contributed by atoms with Crippen molar-refractivity contribution in [3.8, 4) is 0 Å². The van der Waals surface area contributed by atoms with Gasteiger partial charge in [-0.05, 0) is 43.7 Å². The second kappa shape index (κ2) is 5.40. The first-order chi connectivity index (χ1) is 10.7. The average molecular weight is 307 g/mol. The van der Waals surface area contributed by atoms with Crippen LogP contribution in [0.1, 0.15) is 71.4 Å². The smallest absolute Gasteiger partial charge is 0.0531 e. The monoisotopic (exact) mass is 307 g/mol. The van der Waals surface area contributed by atoms with Crippen LogP contribution in [0.5, 0.6) is 0 Å². The largest absolute Gasteiger partial charge is 0.335 e. The van der Waals surface area contributed by atoms with E-state index in [4.69, 9.17) is 0 Å². The Hall–Kier alpha value is -1.76. The third kappa shape index (κ3) is 2.47. The van der Waals surface area contributed by atoms with Gasteiger partial charge in [0.15, 0.2) is 0 Å². The Morgan fingerprint density at radius 2 is 1.09 bits per heavy atom. The molecule has 0 saturated heterocycles. The Bertz CT molecular complexity index is 792. The molecule has 0 saturated carbocycles. The van der Waals surface area contributed by atoms with E-state index in [9.17, 15) is 0 Å². The van der Waals surface area contributed by atoms with Crippen LogP contribution in [-0.4, -0.2) is 4.57 Å². The standard InChI is InChI=1S/C22H29N/c1-14(2)16-10-8-12-18-19-13-9-11-17(15(3)4)21(19)23(20(16)18)22(5,6)7/h8-15H,1-7H3. The number of hydrogen-bond acceptors (Lipinski definition) is 0. The third-order valence-electron chi connectivity index (χ3n) is 4.79. The summed E-state index contributed by atoms with van der Waals surface area (Å²) < 4.78 is 2.59. The number of benzene rings is 2. The van der Waals surface area contributed by atoms with Crippen molar-refractivity contribution in [2.45, 2.75) is 65.8 Å². The highest BCUT2D eigenvalue weighted by Gasteiger charge is 2.25. The highest BCUT2D eigenvalue weighted by molar-refractivity contribution is 6.10. The number of rotatable bonds is 2. The third-order valence-corrected chi connectivity index (χ3v) is 4.79. The van der Waals surface area contributed by atoms with Crippen LogP contribution in [0, 0.1) is 0 Å². The Labute approximate surface area is 140 Å². The van der Waals surface area contributed by atoms with Crippen LogP contribution in [-0.2, 0) is 5.54 Å². The minimum Gasteiger partial charge on any atom is -0.335 e. The Kier molecular flexibility index (Phi) is 3.78. The Balaban J connectivity index is 2.63. The lowest BCUT2D eigenvalue weighted by molar-refractivity contribution is 0.421. The summed E-state index contributed by atoms with van der Waals surface area (Å²) in [5.41, 5.74) is 5.78. The highest BCUT2D eigenvalue weighted by Crippen LogP contribution is 2.40. The summed E-state index contributed by atoms with van der Waals surface area (Å²) in [5, 5.41) is 2.78. The molecule has 1 heteroatoms. The summed E-state index contributed by atoms with van der Waals surface area (Å²) in [4.78, 5) is 0. The molecule has 0 amide bonds. The summed E-state index contributed by atoms with van der Waals surface area (Å²) >= 11 is 0. The van der Waals surface area contributed by atoms with Crippen LogP contribution in [0.25, 0.3) is 21.8 Å². The Morgan fingerprint density at radius 1 is 0.696 bits per heavy atom. The van der Waals surface area contributed by atoms with E-state index >= 15 is 0 Å². The van der Waals surface area contributed by atoms with Crippen LogP contribution in [0.4, 0.5) is 0 Å². The van der Waals surface area contributed by atoms with Crippen molar-refractivity contribution in [1.29, 1.82) is 0 Å². The van der Waals surface area contributed by atoms with Gasteiger partial charge in [-0.25, -0.2) is 0 Å². The van der Waals surface area contributed by atoms with Crippen LogP contribution in [0.2, 0.25) is 0 Å². The van der Waals surface area contributed by atoms with Crippen molar-refractivity contribution in [2.24, 2.45) is 0 Å². The summed E-state index contributed by atoms with van der Waals surface area (Å²) in [7, 11) is 0. The van der Waals surface area contributed by atoms with E-state index < -0.39 is 0 Å². The molecule has 0 aliphatic rings. The van der Waals surface area contributed by atoms with Gasteiger partial charge in [-0.2, -0.15) is 0 Å². The molecule has 1 heterocycles. The van der Waals surface area contributed by atoms with Crippen molar-refractivity contribution in [1.82, 2.24) is 4.57 Å². The number of nitrogens with zero attached hydrogens (tertiary/aromatic N) is 1. The van der Waals surface area contributed by atoms with Gasteiger partial charge < -0.3 is 4.57 Å². The molecule has 0 fully saturated rings. The van der Waals surface area contributed by atoms with Gasteiger partial charge in [0.05, 0.1) is 11.0 Å². The topological polar surface area (TPSA) is 4.93 Å². The molecule has 1 nitrogen and oxygen atoms in total. The normalized spacial score (nSPS) is 12.9. The Morgan fingerprint density at radius 3 is 1.39 bits per heavy atom. The fourth-order valence-corrected chi connectivity index (χ4v) is 3.77. The molecule has 0 bridgehead atoms. The molecule has 0 atom stereocenters. The maximum absolute atomic E-state index is 2.59. The predicted octanol–water partition coefficient (Wildman–Crippen LogP) is 6.80. The molecule has 0 radical (unpaired) electrons. The molecule has 3 rings (SSSR count). The zero-order chi connectivity index (χ0) is 16.9. The van der Waals surface area contributed by atoms with Crippen molar-refractivity contribution >= 4 is 21.8 Å². The van der Waals surface area contributed by atoms with Crippen LogP contribution in [0.15, 0.2) is 36.4 Å². The first-order valence-electron chi connectivity index (χ1n) is 8.80. The zero-order valence-corrected chi connectivity index (χ0v) is 15.6. The molecule has 23 heavy (non-hydrogen) atoms. The highest BCUT2D eigenvalue weighted by atomic mass is 15.1. The molecular formula is C22H29N. The first kappa shape index (κ1) is 16.1. The van der Waals surface area contributed by atoms with E-state index in [0.717, 1.165) is 0 Å². The van der Waals surface area contributed by atoms with E-state index in [-0.39, 0.29) is 5.54 Å². The molecular weight excluding hydrogens is 278 g/mol. The molecule has 0 unspecified atom stereocenters. The predicted molar refractivity (Wildman–Crippen MR) is 103 cm³/mol. The van der Waals surface area contributed by atoms with E-state index in [1.807, 2.05) is 0 Å². The molecule has 0 aliphatic carbocycles. The summed E-state index contributed by atoms with van der Waals surface area (Å²) in [6, 6.07) is 13.6. The fourth-order valence-electron chi connectivity index (χ4n) is 3.77. The van der Waals surface area contributed by atoms with Gasteiger partial charge >= 0.3 is 0 Å². The average Bonchev–Trinajstić information content (AvgIpc) is 2.80. The van der Waals surface area contributed by atoms with Gasteiger partial charge in [-0.1, -0.05) is 64.1 Å². The van der Waals surface area contributed by atoms with Gasteiger partial charge in [0.2, 0.25) is 0 Å². The summed E-state index contributed by atoms with van der Waals surface area (Å²) in [5.74, 6) is 1.04. The fraction of sp³-hybridized carbons (Fsp3) is 0.455. The van der Waals surface area contributed by atoms with Crippen molar-refractivity contribution in [3.05, 3.63) is 47.5 Å². The lowest BCUT2D eigenvalue weighted by atomic mass is 9.98. The zero-order valence-electron chi connectivity index (χ0n) is 15.6. The van der Waals surface area contributed by atoms with Gasteiger partial charge in [-0.15, -0.1) is 0 Å². The molecule has 122 valence electrons. The van der Waals surface area contributed by atoms with Crippen LogP contribution < -0.4 is 0 Å². The first-order valence-corrected chi connectivity index (χ1v) is 8.80. The van der Waals surface area contributed by atoms with E-state index in [1.165, 1.54) is 32.9 Å². The SMILES string of the molecule is CC(C)c1cccc2c3cccc(C(C)C)c3n(C(C)(C)C)c12. The molecule has 2 aromatic carbocycles. The van der Waals surface area contributed by atoms with E-state index in [0.29, 0.717) is 11.8 Å². The number of para-hydroxylation sites is 2. The lowest BCUT2D eigenvalue weighted by Gasteiger charge is -2.27. The minimum atomic E-state index is 0.0516. The van der Waals surface area contributed by atoms with Crippen molar-refractivity contribution in [3.63, 3.8) is 0 Å². The second-order valence-corrected chi connectivity index (χ2v) is 8.30.